The van der Waals surface area contributed by atoms with Crippen molar-refractivity contribution in [1.82, 2.24) is 5.32 Å². The predicted molar refractivity (Wildman–Crippen MR) is 44.6 cm³/mol. The van der Waals surface area contributed by atoms with Crippen LogP contribution in [0.3, 0.4) is 0 Å². The van der Waals surface area contributed by atoms with Gasteiger partial charge in [-0.2, -0.15) is 0 Å². The number of morpholine rings is 1. The van der Waals surface area contributed by atoms with Crippen molar-refractivity contribution in [3.05, 3.63) is 0 Å². The quantitative estimate of drug-likeness (QED) is 0.646. The highest BCUT2D eigenvalue weighted by atomic mass is 16.5. The van der Waals surface area contributed by atoms with Gasteiger partial charge in [0.1, 0.15) is 0 Å². The summed E-state index contributed by atoms with van der Waals surface area (Å²) in [6, 6.07) is 0. The van der Waals surface area contributed by atoms with E-state index in [0.717, 1.165) is 25.6 Å². The number of nitrogens with one attached hydrogen (secondary N) is 1. The minimum absolute atomic E-state index is 0.220. The molecule has 2 nitrogen and oxygen atoms in total. The van der Waals surface area contributed by atoms with E-state index in [0.29, 0.717) is 0 Å². The molecule has 1 atom stereocenters. The van der Waals surface area contributed by atoms with Gasteiger partial charge in [-0.25, -0.2) is 0 Å². The molecular formula is C9H17NO. The first-order valence-electron chi connectivity index (χ1n) is 4.72. The third-order valence-corrected chi connectivity index (χ3v) is 3.01. The monoisotopic (exact) mass is 155 g/mol. The average molecular weight is 155 g/mol. The molecule has 0 spiro atoms. The van der Waals surface area contributed by atoms with Gasteiger partial charge in [-0.1, -0.05) is 6.92 Å². The Morgan fingerprint density at radius 3 is 2.82 bits per heavy atom. The van der Waals surface area contributed by atoms with Crippen molar-refractivity contribution in [3.63, 3.8) is 0 Å². The van der Waals surface area contributed by atoms with Gasteiger partial charge in [0.15, 0.2) is 0 Å². The zero-order valence-electron chi connectivity index (χ0n) is 7.23. The zero-order chi connectivity index (χ0) is 7.73. The van der Waals surface area contributed by atoms with E-state index in [-0.39, 0.29) is 5.60 Å². The summed E-state index contributed by atoms with van der Waals surface area (Å²) in [5.74, 6) is 0.861. The molecule has 1 N–H and O–H groups in total. The lowest BCUT2D eigenvalue weighted by atomic mass is 9.93. The van der Waals surface area contributed by atoms with Crippen LogP contribution in [-0.2, 0) is 4.74 Å². The highest BCUT2D eigenvalue weighted by Crippen LogP contribution is 2.44. The summed E-state index contributed by atoms with van der Waals surface area (Å²) < 4.78 is 5.88. The fourth-order valence-electron chi connectivity index (χ4n) is 2.06. The standard InChI is InChI=1S/C9H17NO/c1-2-9(8-3-4-8)7-10-5-6-11-9/h8,10H,2-7H2,1H3. The van der Waals surface area contributed by atoms with Crippen molar-refractivity contribution in [2.24, 2.45) is 5.92 Å². The summed E-state index contributed by atoms with van der Waals surface area (Å²) in [6.07, 6.45) is 3.94. The molecular weight excluding hydrogens is 138 g/mol. The Kier molecular flexibility index (Phi) is 1.90. The van der Waals surface area contributed by atoms with Crippen LogP contribution in [0, 0.1) is 5.92 Å². The maximum absolute atomic E-state index is 5.88. The maximum Gasteiger partial charge on any atom is 0.0832 e. The first kappa shape index (κ1) is 7.56. The highest BCUT2D eigenvalue weighted by molar-refractivity contribution is 4.98. The number of hydrogen-bond acceptors (Lipinski definition) is 2. The van der Waals surface area contributed by atoms with Crippen LogP contribution in [0.5, 0.6) is 0 Å². The molecule has 1 unspecified atom stereocenters. The van der Waals surface area contributed by atoms with Crippen LogP contribution < -0.4 is 5.32 Å². The number of rotatable bonds is 2. The molecule has 1 aliphatic carbocycles. The van der Waals surface area contributed by atoms with Gasteiger partial charge in [-0.05, 0) is 25.2 Å². The first-order valence-corrected chi connectivity index (χ1v) is 4.72. The van der Waals surface area contributed by atoms with Crippen molar-refractivity contribution in [3.8, 4) is 0 Å². The fourth-order valence-corrected chi connectivity index (χ4v) is 2.06. The van der Waals surface area contributed by atoms with E-state index >= 15 is 0 Å². The van der Waals surface area contributed by atoms with E-state index in [1.165, 1.54) is 19.3 Å². The van der Waals surface area contributed by atoms with Crippen LogP contribution >= 0.6 is 0 Å². The van der Waals surface area contributed by atoms with E-state index in [9.17, 15) is 0 Å². The van der Waals surface area contributed by atoms with Gasteiger partial charge in [0.05, 0.1) is 12.2 Å². The molecule has 2 fully saturated rings. The second-order valence-corrected chi connectivity index (χ2v) is 3.72. The molecule has 0 aromatic heterocycles. The topological polar surface area (TPSA) is 21.3 Å². The van der Waals surface area contributed by atoms with Crippen LogP contribution in [0.4, 0.5) is 0 Å². The molecule has 0 radical (unpaired) electrons. The number of ether oxygens (including phenoxy) is 1. The highest BCUT2D eigenvalue weighted by Gasteiger charge is 2.45. The van der Waals surface area contributed by atoms with Crippen LogP contribution in [0.1, 0.15) is 26.2 Å². The Morgan fingerprint density at radius 2 is 2.36 bits per heavy atom. The average Bonchev–Trinajstić information content (AvgIpc) is 2.88. The van der Waals surface area contributed by atoms with Gasteiger partial charge < -0.3 is 10.1 Å². The fraction of sp³-hybridized carbons (Fsp3) is 1.00. The SMILES string of the molecule is CCC1(C2CC2)CNCCO1. The first-order chi connectivity index (χ1) is 5.37. The van der Waals surface area contributed by atoms with Crippen molar-refractivity contribution in [2.75, 3.05) is 19.7 Å². The smallest absolute Gasteiger partial charge is 0.0832 e. The van der Waals surface area contributed by atoms with Crippen molar-refractivity contribution >= 4 is 0 Å². The summed E-state index contributed by atoms with van der Waals surface area (Å²) >= 11 is 0. The Labute approximate surface area is 68.3 Å². The van der Waals surface area contributed by atoms with Gasteiger partial charge in [0, 0.05) is 13.1 Å². The number of hydrogen-bond donors (Lipinski definition) is 1. The molecule has 1 heterocycles. The second kappa shape index (κ2) is 2.76. The van der Waals surface area contributed by atoms with Crippen molar-refractivity contribution in [1.29, 1.82) is 0 Å². The summed E-state index contributed by atoms with van der Waals surface area (Å²) in [5, 5.41) is 3.42. The van der Waals surface area contributed by atoms with Gasteiger partial charge in [-0.3, -0.25) is 0 Å². The van der Waals surface area contributed by atoms with E-state index in [2.05, 4.69) is 12.2 Å². The summed E-state index contributed by atoms with van der Waals surface area (Å²) in [5.41, 5.74) is 0.220. The van der Waals surface area contributed by atoms with E-state index < -0.39 is 0 Å². The van der Waals surface area contributed by atoms with Gasteiger partial charge in [-0.15, -0.1) is 0 Å². The van der Waals surface area contributed by atoms with Crippen LogP contribution in [0.15, 0.2) is 0 Å². The Morgan fingerprint density at radius 1 is 1.55 bits per heavy atom. The third kappa shape index (κ3) is 1.30. The van der Waals surface area contributed by atoms with Crippen LogP contribution in [-0.4, -0.2) is 25.3 Å². The largest absolute Gasteiger partial charge is 0.372 e. The van der Waals surface area contributed by atoms with Crippen molar-refractivity contribution in [2.45, 2.75) is 31.8 Å². The minimum Gasteiger partial charge on any atom is -0.372 e. The molecule has 1 saturated heterocycles. The molecule has 0 aromatic rings. The molecule has 0 amide bonds. The van der Waals surface area contributed by atoms with Gasteiger partial charge in [0.25, 0.3) is 0 Å². The lowest BCUT2D eigenvalue weighted by Gasteiger charge is -2.37. The van der Waals surface area contributed by atoms with Crippen LogP contribution in [0.25, 0.3) is 0 Å². The molecule has 1 aliphatic heterocycles. The summed E-state index contributed by atoms with van der Waals surface area (Å²) in [4.78, 5) is 0. The molecule has 2 heteroatoms. The summed E-state index contributed by atoms with van der Waals surface area (Å²) in [7, 11) is 0. The van der Waals surface area contributed by atoms with Crippen molar-refractivity contribution < 1.29 is 4.74 Å². The predicted octanol–water partition coefficient (Wildman–Crippen LogP) is 1.17. The lowest BCUT2D eigenvalue weighted by Crippen LogP contribution is -2.50. The molecule has 2 aliphatic rings. The molecule has 1 saturated carbocycles. The Hall–Kier alpha value is -0.0800. The normalized spacial score (nSPS) is 39.0. The molecule has 0 bridgehead atoms. The van der Waals surface area contributed by atoms with E-state index in [1.807, 2.05) is 0 Å². The molecule has 2 rings (SSSR count). The third-order valence-electron chi connectivity index (χ3n) is 3.01. The maximum atomic E-state index is 5.88. The van der Waals surface area contributed by atoms with Gasteiger partial charge in [0.2, 0.25) is 0 Å². The minimum atomic E-state index is 0.220. The van der Waals surface area contributed by atoms with E-state index in [1.54, 1.807) is 0 Å². The zero-order valence-corrected chi connectivity index (χ0v) is 7.23. The van der Waals surface area contributed by atoms with E-state index in [4.69, 9.17) is 4.74 Å². The molecule has 0 aromatic carbocycles. The lowest BCUT2D eigenvalue weighted by molar-refractivity contribution is -0.0835. The Bertz CT molecular complexity index is 136. The Balaban J connectivity index is 2.01. The molecule has 64 valence electrons. The van der Waals surface area contributed by atoms with Gasteiger partial charge >= 0.3 is 0 Å². The molecule has 11 heavy (non-hydrogen) atoms. The van der Waals surface area contributed by atoms with Crippen LogP contribution in [0.2, 0.25) is 0 Å². The summed E-state index contributed by atoms with van der Waals surface area (Å²) in [6.45, 7) is 5.26. The second-order valence-electron chi connectivity index (χ2n) is 3.72.